The van der Waals surface area contributed by atoms with Crippen LogP contribution in [0.4, 0.5) is 4.79 Å². The Bertz CT molecular complexity index is 274. The number of carbonyl (C=O) groups excluding carboxylic acids is 1. The van der Waals surface area contributed by atoms with Crippen LogP contribution >= 0.6 is 0 Å². The summed E-state index contributed by atoms with van der Waals surface area (Å²) in [4.78, 5) is 22.6. The van der Waals surface area contributed by atoms with Crippen LogP contribution in [0.3, 0.4) is 0 Å². The number of urea groups is 1. The molecule has 1 atom stereocenters. The Hall–Kier alpha value is -1.30. The highest BCUT2D eigenvalue weighted by molar-refractivity contribution is 5.83. The van der Waals surface area contributed by atoms with E-state index in [1.54, 1.807) is 20.8 Å². The number of carbonyl (C=O) groups is 2. The molecule has 6 heteroatoms. The fourth-order valence-corrected chi connectivity index (χ4v) is 1.42. The molecule has 0 aliphatic heterocycles. The first kappa shape index (κ1) is 16.7. The maximum absolute atomic E-state index is 11.5. The van der Waals surface area contributed by atoms with Crippen molar-refractivity contribution in [2.75, 3.05) is 19.6 Å². The number of nitrogens with one attached hydrogen (secondary N) is 3. The van der Waals surface area contributed by atoms with Crippen LogP contribution in [0.1, 0.15) is 34.1 Å². The molecule has 18 heavy (non-hydrogen) atoms. The predicted molar refractivity (Wildman–Crippen MR) is 70.6 cm³/mol. The molecule has 0 saturated carbocycles. The Balaban J connectivity index is 4.01. The number of rotatable bonds is 7. The third-order valence-electron chi connectivity index (χ3n) is 2.45. The molecule has 106 valence electrons. The maximum Gasteiger partial charge on any atom is 0.326 e. The normalized spacial score (nSPS) is 12.9. The fourth-order valence-electron chi connectivity index (χ4n) is 1.42. The van der Waals surface area contributed by atoms with Gasteiger partial charge >= 0.3 is 12.0 Å². The number of hydrogen-bond acceptors (Lipinski definition) is 3. The molecule has 0 unspecified atom stereocenters. The second-order valence-corrected chi connectivity index (χ2v) is 5.24. The Morgan fingerprint density at radius 2 is 1.83 bits per heavy atom. The number of aliphatic carboxylic acids is 1. The van der Waals surface area contributed by atoms with E-state index < -0.39 is 23.5 Å². The van der Waals surface area contributed by atoms with E-state index in [4.69, 9.17) is 5.11 Å². The Morgan fingerprint density at radius 1 is 1.22 bits per heavy atom. The monoisotopic (exact) mass is 259 g/mol. The fraction of sp³-hybridized carbons (Fsp3) is 0.833. The summed E-state index contributed by atoms with van der Waals surface area (Å²) in [6, 6.07) is -1.33. The SMILES string of the molecule is CCNCCCNC(=O)N[C@H](C(=O)O)C(C)(C)C. The summed E-state index contributed by atoms with van der Waals surface area (Å²) < 4.78 is 0. The first-order chi connectivity index (χ1) is 8.29. The number of hydrogen-bond donors (Lipinski definition) is 4. The van der Waals surface area contributed by atoms with Crippen molar-refractivity contribution in [3.05, 3.63) is 0 Å². The lowest BCUT2D eigenvalue weighted by Gasteiger charge is -2.27. The van der Waals surface area contributed by atoms with Crippen molar-refractivity contribution in [2.24, 2.45) is 5.41 Å². The Kier molecular flexibility index (Phi) is 7.35. The third-order valence-corrected chi connectivity index (χ3v) is 2.45. The standard InChI is InChI=1S/C12H25N3O3/c1-5-13-7-6-8-14-11(18)15-9(10(16)17)12(2,3)4/h9,13H,5-8H2,1-4H3,(H,16,17)(H2,14,15,18)/t9-/m1/s1. The van der Waals surface area contributed by atoms with Gasteiger partial charge < -0.3 is 21.1 Å². The van der Waals surface area contributed by atoms with E-state index in [0.29, 0.717) is 6.54 Å². The molecular weight excluding hydrogens is 234 g/mol. The highest BCUT2D eigenvalue weighted by Gasteiger charge is 2.32. The summed E-state index contributed by atoms with van der Waals surface area (Å²) in [7, 11) is 0. The van der Waals surface area contributed by atoms with E-state index in [9.17, 15) is 9.59 Å². The summed E-state index contributed by atoms with van der Waals surface area (Å²) >= 11 is 0. The van der Waals surface area contributed by atoms with Crippen LogP contribution in [-0.4, -0.2) is 42.8 Å². The van der Waals surface area contributed by atoms with Gasteiger partial charge in [-0.05, 0) is 24.9 Å². The molecule has 0 aromatic heterocycles. The van der Waals surface area contributed by atoms with Crippen molar-refractivity contribution in [3.8, 4) is 0 Å². The zero-order chi connectivity index (χ0) is 14.2. The Labute approximate surface area is 109 Å². The number of carboxylic acid groups (broad SMARTS) is 1. The second-order valence-electron chi connectivity index (χ2n) is 5.24. The minimum atomic E-state index is -1.02. The average molecular weight is 259 g/mol. The summed E-state index contributed by atoms with van der Waals surface area (Å²) in [5.74, 6) is -1.02. The van der Waals surface area contributed by atoms with Crippen molar-refractivity contribution < 1.29 is 14.7 Å². The molecule has 4 N–H and O–H groups in total. The van der Waals surface area contributed by atoms with Crippen LogP contribution in [-0.2, 0) is 4.79 Å². The quantitative estimate of drug-likeness (QED) is 0.509. The van der Waals surface area contributed by atoms with E-state index in [0.717, 1.165) is 19.5 Å². The van der Waals surface area contributed by atoms with Crippen molar-refractivity contribution in [2.45, 2.75) is 40.2 Å². The van der Waals surface area contributed by atoms with Gasteiger partial charge in [0.05, 0.1) is 0 Å². The van der Waals surface area contributed by atoms with Crippen molar-refractivity contribution in [1.82, 2.24) is 16.0 Å². The number of carboxylic acids is 1. The Morgan fingerprint density at radius 3 is 2.28 bits per heavy atom. The van der Waals surface area contributed by atoms with E-state index in [2.05, 4.69) is 16.0 Å². The highest BCUT2D eigenvalue weighted by atomic mass is 16.4. The maximum atomic E-state index is 11.5. The molecule has 0 radical (unpaired) electrons. The lowest BCUT2D eigenvalue weighted by atomic mass is 9.87. The van der Waals surface area contributed by atoms with Crippen LogP contribution in [0, 0.1) is 5.41 Å². The topological polar surface area (TPSA) is 90.5 Å². The molecule has 0 bridgehead atoms. The molecular formula is C12H25N3O3. The predicted octanol–water partition coefficient (Wildman–Crippen LogP) is 0.785. The molecule has 0 rings (SSSR count). The molecule has 0 heterocycles. The molecule has 0 aromatic rings. The van der Waals surface area contributed by atoms with Crippen molar-refractivity contribution in [3.63, 3.8) is 0 Å². The van der Waals surface area contributed by atoms with E-state index in [1.165, 1.54) is 0 Å². The molecule has 0 aliphatic rings. The minimum absolute atomic E-state index is 0.436. The summed E-state index contributed by atoms with van der Waals surface area (Å²) in [5.41, 5.74) is -0.521. The van der Waals surface area contributed by atoms with Gasteiger partial charge in [0.2, 0.25) is 0 Å². The minimum Gasteiger partial charge on any atom is -0.480 e. The van der Waals surface area contributed by atoms with Crippen molar-refractivity contribution >= 4 is 12.0 Å². The van der Waals surface area contributed by atoms with Crippen LogP contribution in [0.15, 0.2) is 0 Å². The molecule has 0 fully saturated rings. The van der Waals surface area contributed by atoms with Gasteiger partial charge in [-0.25, -0.2) is 9.59 Å². The van der Waals surface area contributed by atoms with Gasteiger partial charge in [0.15, 0.2) is 0 Å². The zero-order valence-corrected chi connectivity index (χ0v) is 11.7. The van der Waals surface area contributed by atoms with Gasteiger partial charge in [0, 0.05) is 6.54 Å². The summed E-state index contributed by atoms with van der Waals surface area (Å²) in [6.07, 6.45) is 0.814. The van der Waals surface area contributed by atoms with Gasteiger partial charge in [-0.2, -0.15) is 0 Å². The van der Waals surface area contributed by atoms with Gasteiger partial charge in [-0.1, -0.05) is 27.7 Å². The highest BCUT2D eigenvalue weighted by Crippen LogP contribution is 2.19. The molecule has 0 aromatic carbocycles. The van der Waals surface area contributed by atoms with Crippen LogP contribution in [0.2, 0.25) is 0 Å². The van der Waals surface area contributed by atoms with Gasteiger partial charge in [0.25, 0.3) is 0 Å². The van der Waals surface area contributed by atoms with Gasteiger partial charge in [-0.15, -0.1) is 0 Å². The molecule has 0 aliphatic carbocycles. The van der Waals surface area contributed by atoms with Crippen molar-refractivity contribution in [1.29, 1.82) is 0 Å². The molecule has 6 nitrogen and oxygen atoms in total. The largest absolute Gasteiger partial charge is 0.480 e. The third kappa shape index (κ3) is 7.11. The summed E-state index contributed by atoms with van der Waals surface area (Å²) in [5, 5.41) is 17.3. The number of amides is 2. The smallest absolute Gasteiger partial charge is 0.326 e. The zero-order valence-electron chi connectivity index (χ0n) is 11.7. The van der Waals surface area contributed by atoms with Crippen LogP contribution in [0.5, 0.6) is 0 Å². The molecule has 2 amide bonds. The average Bonchev–Trinajstić information content (AvgIpc) is 2.23. The molecule has 0 saturated heterocycles. The first-order valence-electron chi connectivity index (χ1n) is 6.27. The van der Waals surface area contributed by atoms with E-state index >= 15 is 0 Å². The lowest BCUT2D eigenvalue weighted by Crippen LogP contribution is -2.52. The van der Waals surface area contributed by atoms with Gasteiger partial charge in [0.1, 0.15) is 6.04 Å². The lowest BCUT2D eigenvalue weighted by molar-refractivity contribution is -0.141. The van der Waals surface area contributed by atoms with E-state index in [1.807, 2.05) is 6.92 Å². The van der Waals surface area contributed by atoms with Crippen LogP contribution < -0.4 is 16.0 Å². The molecule has 0 spiro atoms. The van der Waals surface area contributed by atoms with Gasteiger partial charge in [-0.3, -0.25) is 0 Å². The van der Waals surface area contributed by atoms with Crippen LogP contribution in [0.25, 0.3) is 0 Å². The first-order valence-corrected chi connectivity index (χ1v) is 6.27. The summed E-state index contributed by atoms with van der Waals surface area (Å²) in [6.45, 7) is 9.59. The second kappa shape index (κ2) is 7.92. The van der Waals surface area contributed by atoms with E-state index in [-0.39, 0.29) is 0 Å².